The lowest BCUT2D eigenvalue weighted by Gasteiger charge is -2.36. The molecule has 0 radical (unpaired) electrons. The highest BCUT2D eigenvalue weighted by Gasteiger charge is 2.39. The molecular weight excluding hydrogens is 432 g/mol. The molecule has 1 heterocycles. The molecule has 1 unspecified atom stereocenters. The molecule has 0 saturated carbocycles. The number of esters is 1. The third kappa shape index (κ3) is 4.86. The number of rotatable bonds is 6. The Morgan fingerprint density at radius 1 is 0.939 bits per heavy atom. The van der Waals surface area contributed by atoms with E-state index in [1.807, 2.05) is 24.3 Å². The van der Waals surface area contributed by atoms with E-state index in [9.17, 15) is 4.79 Å². The lowest BCUT2D eigenvalue weighted by Crippen LogP contribution is -2.43. The smallest absolute Gasteiger partial charge is 0.306 e. The molecule has 0 spiro atoms. The molecule has 33 heavy (non-hydrogen) atoms. The fourth-order valence-corrected chi connectivity index (χ4v) is 4.80. The second-order valence-corrected chi connectivity index (χ2v) is 14.8. The minimum absolute atomic E-state index is 0.120. The van der Waals surface area contributed by atoms with Crippen molar-refractivity contribution in [1.29, 1.82) is 0 Å². The van der Waals surface area contributed by atoms with E-state index in [1.165, 1.54) is 7.11 Å². The van der Waals surface area contributed by atoms with Crippen LogP contribution in [-0.4, -0.2) is 28.2 Å². The lowest BCUT2D eigenvalue weighted by atomic mass is 9.87. The zero-order valence-electron chi connectivity index (χ0n) is 20.2. The van der Waals surface area contributed by atoms with Crippen LogP contribution in [0.4, 0.5) is 0 Å². The first kappa shape index (κ1) is 23.2. The van der Waals surface area contributed by atoms with Gasteiger partial charge in [0, 0.05) is 5.92 Å². The summed E-state index contributed by atoms with van der Waals surface area (Å²) in [5.74, 6) is 1.89. The maximum atomic E-state index is 12.3. The van der Waals surface area contributed by atoms with Gasteiger partial charge in [0.15, 0.2) is 11.5 Å². The van der Waals surface area contributed by atoms with Gasteiger partial charge in [0.05, 0.1) is 13.5 Å². The fourth-order valence-electron chi connectivity index (χ4n) is 3.78. The first-order chi connectivity index (χ1) is 15.6. The normalized spacial score (nSPS) is 14.2. The van der Waals surface area contributed by atoms with Gasteiger partial charge in [-0.25, -0.2) is 0 Å². The molecule has 3 aromatic rings. The standard InChI is InChI=1S/C27H32O5Si/c1-27(2,3)33(5,6)32-22-11-9-18-7-8-19(13-21(18)14-22)23(16-26(28)29-4)20-10-12-24-25(15-20)31-17-30-24/h7-15,23H,16-17H2,1-6H3. The van der Waals surface area contributed by atoms with Crippen molar-refractivity contribution in [2.75, 3.05) is 13.9 Å². The van der Waals surface area contributed by atoms with Gasteiger partial charge in [-0.1, -0.05) is 51.1 Å². The number of benzene rings is 3. The van der Waals surface area contributed by atoms with Gasteiger partial charge < -0.3 is 18.6 Å². The van der Waals surface area contributed by atoms with Crippen molar-refractivity contribution in [2.45, 2.75) is 51.2 Å². The summed E-state index contributed by atoms with van der Waals surface area (Å²) in [5, 5.41) is 2.33. The second kappa shape index (κ2) is 8.75. The number of ether oxygens (including phenoxy) is 3. The average molecular weight is 465 g/mol. The van der Waals surface area contributed by atoms with E-state index in [0.717, 1.165) is 33.4 Å². The van der Waals surface area contributed by atoms with Crippen LogP contribution in [0.3, 0.4) is 0 Å². The van der Waals surface area contributed by atoms with Crippen molar-refractivity contribution in [3.05, 3.63) is 65.7 Å². The molecular formula is C27H32O5Si. The van der Waals surface area contributed by atoms with Crippen LogP contribution >= 0.6 is 0 Å². The highest BCUT2D eigenvalue weighted by molar-refractivity contribution is 6.74. The molecule has 6 heteroatoms. The van der Waals surface area contributed by atoms with Gasteiger partial charge >= 0.3 is 5.97 Å². The summed E-state index contributed by atoms with van der Waals surface area (Å²) in [5.41, 5.74) is 2.02. The van der Waals surface area contributed by atoms with Crippen LogP contribution in [0.1, 0.15) is 44.2 Å². The van der Waals surface area contributed by atoms with Crippen molar-refractivity contribution in [2.24, 2.45) is 0 Å². The molecule has 1 atom stereocenters. The van der Waals surface area contributed by atoms with Crippen molar-refractivity contribution >= 4 is 25.1 Å². The molecule has 5 nitrogen and oxygen atoms in total. The summed E-state index contributed by atoms with van der Waals surface area (Å²) in [6, 6.07) is 18.4. The topological polar surface area (TPSA) is 54.0 Å². The maximum Gasteiger partial charge on any atom is 0.306 e. The molecule has 0 bridgehead atoms. The molecule has 0 N–H and O–H groups in total. The highest BCUT2D eigenvalue weighted by Crippen LogP contribution is 2.40. The number of carbonyl (C=O) groups excluding carboxylic acids is 1. The van der Waals surface area contributed by atoms with Gasteiger partial charge in [0.1, 0.15) is 5.75 Å². The molecule has 0 saturated heterocycles. The fraction of sp³-hybridized carbons (Fsp3) is 0.370. The quantitative estimate of drug-likeness (QED) is 0.302. The molecule has 0 amide bonds. The van der Waals surface area contributed by atoms with Crippen LogP contribution < -0.4 is 13.9 Å². The first-order valence-corrected chi connectivity index (χ1v) is 14.2. The van der Waals surface area contributed by atoms with Gasteiger partial charge in [-0.15, -0.1) is 0 Å². The highest BCUT2D eigenvalue weighted by atomic mass is 28.4. The Labute approximate surface area is 196 Å². The third-order valence-electron chi connectivity index (χ3n) is 6.81. The minimum atomic E-state index is -1.94. The lowest BCUT2D eigenvalue weighted by molar-refractivity contribution is -0.140. The van der Waals surface area contributed by atoms with E-state index in [2.05, 4.69) is 64.2 Å². The van der Waals surface area contributed by atoms with Gasteiger partial charge in [0.25, 0.3) is 0 Å². The summed E-state index contributed by atoms with van der Waals surface area (Å²) in [6.07, 6.45) is 0.238. The first-order valence-electron chi connectivity index (χ1n) is 11.3. The van der Waals surface area contributed by atoms with E-state index < -0.39 is 8.32 Å². The summed E-state index contributed by atoms with van der Waals surface area (Å²) < 4.78 is 22.5. The van der Waals surface area contributed by atoms with Gasteiger partial charge in [-0.2, -0.15) is 0 Å². The number of hydrogen-bond donors (Lipinski definition) is 0. The molecule has 0 aromatic heterocycles. The summed E-state index contributed by atoms with van der Waals surface area (Å²) in [6.45, 7) is 11.4. The predicted molar refractivity (Wildman–Crippen MR) is 133 cm³/mol. The predicted octanol–water partition coefficient (Wildman–Crippen LogP) is 6.65. The summed E-state index contributed by atoms with van der Waals surface area (Å²) in [4.78, 5) is 12.3. The molecule has 4 rings (SSSR count). The van der Waals surface area contributed by atoms with E-state index in [1.54, 1.807) is 0 Å². The van der Waals surface area contributed by atoms with Crippen molar-refractivity contribution < 1.29 is 23.4 Å². The molecule has 1 aliphatic heterocycles. The van der Waals surface area contributed by atoms with Crippen molar-refractivity contribution in [3.63, 3.8) is 0 Å². The molecule has 0 aliphatic carbocycles. The van der Waals surface area contributed by atoms with Gasteiger partial charge in [-0.3, -0.25) is 4.79 Å². The van der Waals surface area contributed by atoms with Gasteiger partial charge in [-0.05, 0) is 64.3 Å². The number of methoxy groups -OCH3 is 1. The zero-order chi connectivity index (χ0) is 23.8. The Morgan fingerprint density at radius 3 is 2.33 bits per heavy atom. The maximum absolute atomic E-state index is 12.3. The molecule has 1 aliphatic rings. The average Bonchev–Trinajstić information content (AvgIpc) is 3.23. The van der Waals surface area contributed by atoms with Crippen molar-refractivity contribution in [1.82, 2.24) is 0 Å². The summed E-state index contributed by atoms with van der Waals surface area (Å²) in [7, 11) is -0.524. The molecule has 174 valence electrons. The molecule has 3 aromatic carbocycles. The SMILES string of the molecule is COC(=O)CC(c1ccc2c(c1)OCO2)c1ccc2ccc(O[Si](C)(C)C(C)(C)C)cc2c1. The second-order valence-electron chi connectivity index (χ2n) is 10.1. The van der Waals surface area contributed by atoms with Crippen LogP contribution in [0.5, 0.6) is 17.2 Å². The van der Waals surface area contributed by atoms with E-state index in [0.29, 0.717) is 5.75 Å². The largest absolute Gasteiger partial charge is 0.543 e. The van der Waals surface area contributed by atoms with E-state index >= 15 is 0 Å². The molecule has 0 fully saturated rings. The van der Waals surface area contributed by atoms with Crippen LogP contribution in [0, 0.1) is 0 Å². The monoisotopic (exact) mass is 464 g/mol. The van der Waals surface area contributed by atoms with Crippen LogP contribution in [0.25, 0.3) is 10.8 Å². The Balaban J connectivity index is 1.72. The van der Waals surface area contributed by atoms with Crippen LogP contribution in [0.2, 0.25) is 18.1 Å². The number of fused-ring (bicyclic) bond motifs is 2. The van der Waals surface area contributed by atoms with Crippen LogP contribution in [-0.2, 0) is 9.53 Å². The third-order valence-corrected chi connectivity index (χ3v) is 11.2. The minimum Gasteiger partial charge on any atom is -0.543 e. The Bertz CT molecular complexity index is 1180. The zero-order valence-corrected chi connectivity index (χ0v) is 21.2. The number of hydrogen-bond acceptors (Lipinski definition) is 5. The van der Waals surface area contributed by atoms with E-state index in [4.69, 9.17) is 18.6 Å². The van der Waals surface area contributed by atoms with Crippen molar-refractivity contribution in [3.8, 4) is 17.2 Å². The van der Waals surface area contributed by atoms with Gasteiger partial charge in [0.2, 0.25) is 15.1 Å². The number of carbonyl (C=O) groups is 1. The Morgan fingerprint density at radius 2 is 1.61 bits per heavy atom. The summed E-state index contributed by atoms with van der Waals surface area (Å²) >= 11 is 0. The van der Waals surface area contributed by atoms with Crippen LogP contribution in [0.15, 0.2) is 54.6 Å². The Kier molecular flexibility index (Phi) is 6.14. The Hall–Kier alpha value is -2.99. The van der Waals surface area contributed by atoms with E-state index in [-0.39, 0.29) is 30.1 Å².